The van der Waals surface area contributed by atoms with Crippen molar-refractivity contribution in [1.82, 2.24) is 19.9 Å². The van der Waals surface area contributed by atoms with Crippen molar-refractivity contribution >= 4 is 22.8 Å². The Morgan fingerprint density at radius 1 is 1.23 bits per heavy atom. The molecule has 1 aromatic carbocycles. The monoisotopic (exact) mass is 416 g/mol. The van der Waals surface area contributed by atoms with Crippen LogP contribution < -0.4 is 9.64 Å². The molecule has 1 N–H and O–H groups in total. The molecule has 0 atom stereocenters. The van der Waals surface area contributed by atoms with Crippen molar-refractivity contribution in [3.63, 3.8) is 0 Å². The minimum absolute atomic E-state index is 0.000663. The first kappa shape index (κ1) is 19.4. The van der Waals surface area contributed by atoms with E-state index in [2.05, 4.69) is 19.9 Å². The number of carbonyl (C=O) groups excluding carboxylic acids is 1. The van der Waals surface area contributed by atoms with Crippen molar-refractivity contribution in [2.45, 2.75) is 19.3 Å². The van der Waals surface area contributed by atoms with Gasteiger partial charge in [-0.1, -0.05) is 12.1 Å². The van der Waals surface area contributed by atoms with E-state index in [1.54, 1.807) is 12.4 Å². The molecule has 8 nitrogen and oxygen atoms in total. The van der Waals surface area contributed by atoms with Crippen LogP contribution in [0.2, 0.25) is 0 Å². The molecule has 0 bridgehead atoms. The molecular formula is C23H24N6O2. The molecule has 31 heavy (non-hydrogen) atoms. The lowest BCUT2D eigenvalue weighted by Gasteiger charge is -2.25. The summed E-state index contributed by atoms with van der Waals surface area (Å²) in [5, 5.41) is 9.72. The first-order valence-corrected chi connectivity index (χ1v) is 10.6. The lowest BCUT2D eigenvalue weighted by atomic mass is 10.1. The van der Waals surface area contributed by atoms with Gasteiger partial charge in [-0.25, -0.2) is 9.97 Å². The second-order valence-corrected chi connectivity index (χ2v) is 8.45. The standard InChI is InChI=1S/C23H24N6O2/c24-7-11-31-18-3-1-2-17(12-18)13-20(30)28-9-10-29(15-23(14-28)5-6-23)22-19-4-8-25-21(19)26-16-27-22/h1-4,8,12,16H,5-6,9-11,13-15H2,(H,25,26,27). The molecule has 3 aromatic rings. The van der Waals surface area contributed by atoms with Crippen LogP contribution in [0.1, 0.15) is 18.4 Å². The summed E-state index contributed by atoms with van der Waals surface area (Å²) in [6.45, 7) is 3.11. The van der Waals surface area contributed by atoms with Crippen LogP contribution in [0, 0.1) is 16.7 Å². The number of nitrogens with one attached hydrogen (secondary N) is 1. The van der Waals surface area contributed by atoms with E-state index in [-0.39, 0.29) is 17.9 Å². The van der Waals surface area contributed by atoms with E-state index in [1.807, 2.05) is 41.4 Å². The number of ether oxygens (including phenoxy) is 1. The summed E-state index contributed by atoms with van der Waals surface area (Å²) < 4.78 is 5.37. The van der Waals surface area contributed by atoms with E-state index in [4.69, 9.17) is 10.00 Å². The molecule has 1 aliphatic carbocycles. The van der Waals surface area contributed by atoms with Gasteiger partial charge in [0.25, 0.3) is 0 Å². The molecule has 158 valence electrons. The summed E-state index contributed by atoms with van der Waals surface area (Å²) in [6.07, 6.45) is 6.08. The van der Waals surface area contributed by atoms with Gasteiger partial charge in [0.2, 0.25) is 5.91 Å². The zero-order chi connectivity index (χ0) is 21.3. The number of carbonyl (C=O) groups is 1. The van der Waals surface area contributed by atoms with E-state index in [9.17, 15) is 4.79 Å². The van der Waals surface area contributed by atoms with E-state index in [0.717, 1.165) is 54.9 Å². The Kier molecular flexibility index (Phi) is 4.94. The van der Waals surface area contributed by atoms with E-state index < -0.39 is 0 Å². The molecule has 1 saturated carbocycles. The second kappa shape index (κ2) is 7.91. The fraction of sp³-hybridized carbons (Fsp3) is 0.391. The number of benzene rings is 1. The molecular weight excluding hydrogens is 392 g/mol. The van der Waals surface area contributed by atoms with Crippen LogP contribution in [0.3, 0.4) is 0 Å². The highest BCUT2D eigenvalue weighted by molar-refractivity contribution is 5.87. The molecule has 2 aromatic heterocycles. The average molecular weight is 416 g/mol. The van der Waals surface area contributed by atoms with Gasteiger partial charge in [-0.15, -0.1) is 0 Å². The van der Waals surface area contributed by atoms with Crippen molar-refractivity contribution in [3.8, 4) is 11.8 Å². The largest absolute Gasteiger partial charge is 0.479 e. The molecule has 1 spiro atoms. The third kappa shape index (κ3) is 4.04. The molecule has 1 amide bonds. The average Bonchev–Trinajstić information content (AvgIpc) is 3.42. The number of hydrogen-bond donors (Lipinski definition) is 1. The van der Waals surface area contributed by atoms with Crippen LogP contribution in [0.25, 0.3) is 11.0 Å². The minimum atomic E-state index is -0.000663. The Morgan fingerprint density at radius 2 is 2.13 bits per heavy atom. The molecule has 2 fully saturated rings. The molecule has 8 heteroatoms. The highest BCUT2D eigenvalue weighted by Crippen LogP contribution is 2.48. The van der Waals surface area contributed by atoms with E-state index in [0.29, 0.717) is 18.7 Å². The maximum Gasteiger partial charge on any atom is 0.227 e. The smallest absolute Gasteiger partial charge is 0.227 e. The molecule has 5 rings (SSSR count). The third-order valence-corrected chi connectivity index (χ3v) is 6.19. The van der Waals surface area contributed by atoms with Gasteiger partial charge in [0.1, 0.15) is 29.6 Å². The topological polar surface area (TPSA) is 98.1 Å². The first-order valence-electron chi connectivity index (χ1n) is 10.6. The van der Waals surface area contributed by atoms with Crippen LogP contribution in [0.4, 0.5) is 5.82 Å². The number of nitriles is 1. The summed E-state index contributed by atoms with van der Waals surface area (Å²) in [7, 11) is 0. The molecule has 0 unspecified atom stereocenters. The number of hydrogen-bond acceptors (Lipinski definition) is 6. The van der Waals surface area contributed by atoms with Gasteiger partial charge in [0, 0.05) is 37.8 Å². The summed E-state index contributed by atoms with van der Waals surface area (Å²) in [5.41, 5.74) is 1.89. The maximum atomic E-state index is 13.2. The molecule has 2 aliphatic rings. The van der Waals surface area contributed by atoms with Gasteiger partial charge in [-0.2, -0.15) is 5.26 Å². The van der Waals surface area contributed by atoms with Crippen LogP contribution in [0.15, 0.2) is 42.9 Å². The number of amides is 1. The maximum absolute atomic E-state index is 13.2. The zero-order valence-electron chi connectivity index (χ0n) is 17.3. The van der Waals surface area contributed by atoms with E-state index >= 15 is 0 Å². The van der Waals surface area contributed by atoms with E-state index in [1.165, 1.54) is 0 Å². The van der Waals surface area contributed by atoms with Crippen LogP contribution in [0.5, 0.6) is 5.75 Å². The lowest BCUT2D eigenvalue weighted by molar-refractivity contribution is -0.130. The Balaban J connectivity index is 1.31. The normalized spacial score (nSPS) is 17.4. The Morgan fingerprint density at radius 3 is 2.97 bits per heavy atom. The summed E-state index contributed by atoms with van der Waals surface area (Å²) in [4.78, 5) is 29.5. The van der Waals surface area contributed by atoms with Crippen molar-refractivity contribution in [2.24, 2.45) is 5.41 Å². The van der Waals surface area contributed by atoms with Gasteiger partial charge < -0.3 is 19.5 Å². The zero-order valence-corrected chi connectivity index (χ0v) is 17.3. The fourth-order valence-corrected chi connectivity index (χ4v) is 4.40. The third-order valence-electron chi connectivity index (χ3n) is 6.19. The summed E-state index contributed by atoms with van der Waals surface area (Å²) in [5.74, 6) is 1.68. The molecule has 0 radical (unpaired) electrons. The van der Waals surface area contributed by atoms with Crippen molar-refractivity contribution < 1.29 is 9.53 Å². The Labute approximate surface area is 180 Å². The number of anilines is 1. The highest BCUT2D eigenvalue weighted by Gasteiger charge is 2.47. The predicted octanol–water partition coefficient (Wildman–Crippen LogP) is 2.53. The number of H-pyrrole nitrogens is 1. The molecule has 1 aliphatic heterocycles. The SMILES string of the molecule is N#CCOc1cccc(CC(=O)N2CCN(c3ncnc4[nH]ccc34)CC3(CC3)C2)c1. The lowest BCUT2D eigenvalue weighted by Crippen LogP contribution is -2.37. The first-order chi connectivity index (χ1) is 15.2. The molecule has 1 saturated heterocycles. The minimum Gasteiger partial charge on any atom is -0.479 e. The van der Waals surface area contributed by atoms with Gasteiger partial charge in [0.15, 0.2) is 6.61 Å². The van der Waals surface area contributed by atoms with Crippen molar-refractivity contribution in [2.75, 3.05) is 37.7 Å². The van der Waals surface area contributed by atoms with Gasteiger partial charge in [-0.3, -0.25) is 4.79 Å². The number of aromatic amines is 1. The van der Waals surface area contributed by atoms with Gasteiger partial charge >= 0.3 is 0 Å². The highest BCUT2D eigenvalue weighted by atomic mass is 16.5. The van der Waals surface area contributed by atoms with Crippen LogP contribution >= 0.6 is 0 Å². The predicted molar refractivity (Wildman–Crippen MR) is 116 cm³/mol. The van der Waals surface area contributed by atoms with Crippen LogP contribution in [-0.4, -0.2) is 58.5 Å². The number of nitrogens with zero attached hydrogens (tertiary/aromatic N) is 5. The van der Waals surface area contributed by atoms with Crippen LogP contribution in [-0.2, 0) is 11.2 Å². The van der Waals surface area contributed by atoms with Crippen molar-refractivity contribution in [1.29, 1.82) is 5.26 Å². The summed E-state index contributed by atoms with van der Waals surface area (Å²) >= 11 is 0. The number of rotatable bonds is 5. The second-order valence-electron chi connectivity index (χ2n) is 8.45. The van der Waals surface area contributed by atoms with Gasteiger partial charge in [0.05, 0.1) is 11.8 Å². The fourth-order valence-electron chi connectivity index (χ4n) is 4.40. The van der Waals surface area contributed by atoms with Gasteiger partial charge in [-0.05, 0) is 36.6 Å². The van der Waals surface area contributed by atoms with Crippen molar-refractivity contribution in [3.05, 3.63) is 48.4 Å². The number of aromatic nitrogens is 3. The Hall–Kier alpha value is -3.60. The molecule has 3 heterocycles. The Bertz CT molecular complexity index is 1150. The summed E-state index contributed by atoms with van der Waals surface area (Å²) in [6, 6.07) is 11.4. The number of fused-ring (bicyclic) bond motifs is 1. The quantitative estimate of drug-likeness (QED) is 0.686.